The van der Waals surface area contributed by atoms with E-state index >= 15 is 0 Å². The van der Waals surface area contributed by atoms with Crippen LogP contribution in [0.3, 0.4) is 0 Å². The zero-order chi connectivity index (χ0) is 14.7. The number of aromatic nitrogens is 2. The fourth-order valence-corrected chi connectivity index (χ4v) is 3.19. The summed E-state index contributed by atoms with van der Waals surface area (Å²) in [7, 11) is 0. The van der Waals surface area contributed by atoms with Crippen molar-refractivity contribution in [3.63, 3.8) is 0 Å². The summed E-state index contributed by atoms with van der Waals surface area (Å²) < 4.78 is 5.65. The summed E-state index contributed by atoms with van der Waals surface area (Å²) in [6, 6.07) is 4.01. The highest BCUT2D eigenvalue weighted by Crippen LogP contribution is 2.20. The minimum Gasteiger partial charge on any atom is -0.396 e. The van der Waals surface area contributed by atoms with Crippen molar-refractivity contribution in [3.8, 4) is 0 Å². The van der Waals surface area contributed by atoms with Crippen molar-refractivity contribution in [1.82, 2.24) is 15.1 Å². The van der Waals surface area contributed by atoms with E-state index in [4.69, 9.17) is 10.5 Å². The van der Waals surface area contributed by atoms with Gasteiger partial charge in [0.05, 0.1) is 24.5 Å². The largest absolute Gasteiger partial charge is 0.396 e. The molecule has 2 aromatic rings. The van der Waals surface area contributed by atoms with Crippen LogP contribution in [-0.2, 0) is 11.3 Å². The van der Waals surface area contributed by atoms with Crippen molar-refractivity contribution in [3.05, 3.63) is 34.3 Å². The molecular weight excluding hydrogens is 288 g/mol. The van der Waals surface area contributed by atoms with E-state index in [1.165, 1.54) is 6.20 Å². The van der Waals surface area contributed by atoms with Gasteiger partial charge >= 0.3 is 0 Å². The highest BCUT2D eigenvalue weighted by molar-refractivity contribution is 7.09. The normalized spacial score (nSPS) is 18.0. The van der Waals surface area contributed by atoms with Gasteiger partial charge in [-0.2, -0.15) is 5.10 Å². The van der Waals surface area contributed by atoms with E-state index in [-0.39, 0.29) is 12.0 Å². The Kier molecular flexibility index (Phi) is 4.21. The Balaban J connectivity index is 1.77. The summed E-state index contributed by atoms with van der Waals surface area (Å²) in [6.45, 7) is 1.92. The van der Waals surface area contributed by atoms with Crippen LogP contribution in [0.15, 0.2) is 23.7 Å². The number of amides is 1. The molecule has 112 valence electrons. The fourth-order valence-electron chi connectivity index (χ4n) is 2.47. The fraction of sp³-hybridized carbons (Fsp3) is 0.429. The number of nitrogen functional groups attached to an aromatic ring is 1. The SMILES string of the molecule is Nc1cn[nH]c1C(=O)N(Cc1cccs1)CC1CCCO1. The van der Waals surface area contributed by atoms with Crippen LogP contribution in [0.25, 0.3) is 0 Å². The Morgan fingerprint density at radius 2 is 2.52 bits per heavy atom. The molecule has 1 fully saturated rings. The molecule has 3 rings (SSSR count). The van der Waals surface area contributed by atoms with Crippen LogP contribution in [0.5, 0.6) is 0 Å². The molecule has 0 saturated carbocycles. The minimum absolute atomic E-state index is 0.109. The van der Waals surface area contributed by atoms with E-state index in [0.29, 0.717) is 24.5 Å². The maximum Gasteiger partial charge on any atom is 0.274 e. The molecule has 3 N–H and O–H groups in total. The molecule has 1 atom stereocenters. The van der Waals surface area contributed by atoms with Gasteiger partial charge in [0.25, 0.3) is 5.91 Å². The van der Waals surface area contributed by atoms with Gasteiger partial charge in [-0.05, 0) is 24.3 Å². The third kappa shape index (κ3) is 3.25. The summed E-state index contributed by atoms with van der Waals surface area (Å²) in [5.74, 6) is -0.131. The van der Waals surface area contributed by atoms with Crippen LogP contribution >= 0.6 is 11.3 Å². The van der Waals surface area contributed by atoms with Crippen LogP contribution in [0.1, 0.15) is 28.2 Å². The molecular formula is C14H18N4O2S. The molecule has 0 aromatic carbocycles. The third-order valence-corrected chi connectivity index (χ3v) is 4.41. The Labute approximate surface area is 126 Å². The number of nitrogens with one attached hydrogen (secondary N) is 1. The zero-order valence-corrected chi connectivity index (χ0v) is 12.4. The molecule has 0 spiro atoms. The monoisotopic (exact) mass is 306 g/mol. The second-order valence-corrected chi connectivity index (χ2v) is 6.13. The standard InChI is InChI=1S/C14H18N4O2S/c15-12-7-16-17-13(12)14(19)18(8-10-3-1-5-20-10)9-11-4-2-6-21-11/h2,4,6-7,10H,1,3,5,8-9,15H2,(H,16,17). The molecule has 21 heavy (non-hydrogen) atoms. The first-order valence-corrected chi connectivity index (χ1v) is 7.84. The highest BCUT2D eigenvalue weighted by Gasteiger charge is 2.25. The zero-order valence-electron chi connectivity index (χ0n) is 11.6. The summed E-state index contributed by atoms with van der Waals surface area (Å²) in [6.07, 6.45) is 3.62. The highest BCUT2D eigenvalue weighted by atomic mass is 32.1. The van der Waals surface area contributed by atoms with Crippen molar-refractivity contribution in [2.45, 2.75) is 25.5 Å². The summed E-state index contributed by atoms with van der Waals surface area (Å²) in [5.41, 5.74) is 6.52. The Morgan fingerprint density at radius 3 is 3.14 bits per heavy atom. The number of ether oxygens (including phenoxy) is 1. The van der Waals surface area contributed by atoms with Crippen molar-refractivity contribution in [2.75, 3.05) is 18.9 Å². The molecule has 7 heteroatoms. The smallest absolute Gasteiger partial charge is 0.274 e. The van der Waals surface area contributed by atoms with Gasteiger partial charge in [-0.1, -0.05) is 6.07 Å². The minimum atomic E-state index is -0.131. The number of rotatable bonds is 5. The molecule has 0 aliphatic carbocycles. The van der Waals surface area contributed by atoms with Crippen LogP contribution in [0.4, 0.5) is 5.69 Å². The van der Waals surface area contributed by atoms with Gasteiger partial charge < -0.3 is 15.4 Å². The average molecular weight is 306 g/mol. The molecule has 1 saturated heterocycles. The number of anilines is 1. The lowest BCUT2D eigenvalue weighted by molar-refractivity contribution is 0.0506. The van der Waals surface area contributed by atoms with Crippen LogP contribution < -0.4 is 5.73 Å². The topological polar surface area (TPSA) is 84.2 Å². The lowest BCUT2D eigenvalue weighted by Gasteiger charge is -2.24. The summed E-state index contributed by atoms with van der Waals surface area (Å²) in [4.78, 5) is 15.6. The van der Waals surface area contributed by atoms with Gasteiger partial charge in [0.2, 0.25) is 0 Å². The van der Waals surface area contributed by atoms with E-state index in [0.717, 1.165) is 24.3 Å². The molecule has 0 radical (unpaired) electrons. The quantitative estimate of drug-likeness (QED) is 0.883. The van der Waals surface area contributed by atoms with Gasteiger partial charge in [-0.15, -0.1) is 11.3 Å². The summed E-state index contributed by atoms with van der Waals surface area (Å²) in [5, 5.41) is 8.52. The van der Waals surface area contributed by atoms with Gasteiger partial charge in [0.1, 0.15) is 5.69 Å². The van der Waals surface area contributed by atoms with E-state index in [1.807, 2.05) is 17.5 Å². The Hall–Kier alpha value is -1.86. The number of aromatic amines is 1. The Bertz CT molecular complexity index is 590. The van der Waals surface area contributed by atoms with Gasteiger partial charge in [-0.25, -0.2) is 0 Å². The second-order valence-electron chi connectivity index (χ2n) is 5.10. The number of H-pyrrole nitrogens is 1. The van der Waals surface area contributed by atoms with Gasteiger partial charge in [0, 0.05) is 18.0 Å². The molecule has 1 aliphatic rings. The van der Waals surface area contributed by atoms with Crippen molar-refractivity contribution < 1.29 is 9.53 Å². The number of thiophene rings is 1. The number of hydrogen-bond donors (Lipinski definition) is 2. The van der Waals surface area contributed by atoms with E-state index in [9.17, 15) is 4.79 Å². The van der Waals surface area contributed by atoms with E-state index < -0.39 is 0 Å². The molecule has 2 aromatic heterocycles. The van der Waals surface area contributed by atoms with Gasteiger partial charge in [0.15, 0.2) is 0 Å². The van der Waals surface area contributed by atoms with Gasteiger partial charge in [-0.3, -0.25) is 9.89 Å². The molecule has 6 nitrogen and oxygen atoms in total. The Morgan fingerprint density at radius 1 is 1.62 bits per heavy atom. The first-order chi connectivity index (χ1) is 10.2. The van der Waals surface area contributed by atoms with E-state index in [1.54, 1.807) is 16.2 Å². The first-order valence-electron chi connectivity index (χ1n) is 6.96. The summed E-state index contributed by atoms with van der Waals surface area (Å²) >= 11 is 1.64. The number of nitrogens with two attached hydrogens (primary N) is 1. The van der Waals surface area contributed by atoms with Crippen LogP contribution in [-0.4, -0.2) is 40.3 Å². The number of carbonyl (C=O) groups is 1. The predicted octanol–water partition coefficient (Wildman–Crippen LogP) is 1.87. The van der Waals surface area contributed by atoms with Crippen molar-refractivity contribution in [2.24, 2.45) is 0 Å². The maximum absolute atomic E-state index is 12.7. The molecule has 1 aliphatic heterocycles. The maximum atomic E-state index is 12.7. The molecule has 1 amide bonds. The lowest BCUT2D eigenvalue weighted by atomic mass is 10.2. The molecule has 0 bridgehead atoms. The average Bonchev–Trinajstić information content (AvgIpc) is 3.19. The van der Waals surface area contributed by atoms with Crippen LogP contribution in [0, 0.1) is 0 Å². The van der Waals surface area contributed by atoms with Crippen molar-refractivity contribution >= 4 is 22.9 Å². The van der Waals surface area contributed by atoms with E-state index in [2.05, 4.69) is 10.2 Å². The number of nitrogens with zero attached hydrogens (tertiary/aromatic N) is 2. The number of carbonyl (C=O) groups excluding carboxylic acids is 1. The number of hydrogen-bond acceptors (Lipinski definition) is 5. The third-order valence-electron chi connectivity index (χ3n) is 3.54. The van der Waals surface area contributed by atoms with Crippen molar-refractivity contribution in [1.29, 1.82) is 0 Å². The predicted molar refractivity (Wildman–Crippen MR) is 81.0 cm³/mol. The molecule has 1 unspecified atom stereocenters. The second kappa shape index (κ2) is 6.28. The lowest BCUT2D eigenvalue weighted by Crippen LogP contribution is -2.37. The molecule has 3 heterocycles. The first kappa shape index (κ1) is 14.1. The van der Waals surface area contributed by atoms with Crippen LogP contribution in [0.2, 0.25) is 0 Å².